The van der Waals surface area contributed by atoms with Crippen LogP contribution in [0.2, 0.25) is 0 Å². The van der Waals surface area contributed by atoms with Gasteiger partial charge in [-0.2, -0.15) is 0 Å². The van der Waals surface area contributed by atoms with Crippen LogP contribution in [0.15, 0.2) is 16.6 Å². The molecule has 0 spiro atoms. The Kier molecular flexibility index (Phi) is 5.51. The number of carboxylic acid groups (broad SMARTS) is 1. The monoisotopic (exact) mass is 356 g/mol. The number of methoxy groups -OCH3 is 1. The predicted molar refractivity (Wildman–Crippen MR) is 84.1 cm³/mol. The second-order valence-electron chi connectivity index (χ2n) is 5.58. The van der Waals surface area contributed by atoms with Gasteiger partial charge in [0.1, 0.15) is 0 Å². The Balaban J connectivity index is 2.20. The van der Waals surface area contributed by atoms with Gasteiger partial charge >= 0.3 is 5.97 Å². The lowest BCUT2D eigenvalue weighted by atomic mass is 10.0. The third-order valence-electron chi connectivity index (χ3n) is 3.84. The highest BCUT2D eigenvalue weighted by Gasteiger charge is 2.21. The van der Waals surface area contributed by atoms with Crippen LogP contribution >= 0.6 is 15.9 Å². The largest absolute Gasteiger partial charge is 0.493 e. The molecule has 4 nitrogen and oxygen atoms in total. The Hall–Kier alpha value is -1.23. The lowest BCUT2D eigenvalue weighted by molar-refractivity contribution is -0.141. The van der Waals surface area contributed by atoms with Crippen LogP contribution < -0.4 is 9.47 Å². The van der Waals surface area contributed by atoms with Crippen LogP contribution in [0.4, 0.5) is 0 Å². The summed E-state index contributed by atoms with van der Waals surface area (Å²) in [6, 6.07) is 3.79. The zero-order valence-corrected chi connectivity index (χ0v) is 14.0. The summed E-state index contributed by atoms with van der Waals surface area (Å²) in [6.07, 6.45) is 5.28. The standard InChI is InChI=1S/C16H21BrO4/c1-10(16(18)19)7-11-8-13(17)15(14(9-11)20-2)21-12-5-3-4-6-12/h8-10,12H,3-7H2,1-2H3,(H,18,19). The average Bonchev–Trinajstić information content (AvgIpc) is 2.94. The van der Waals surface area contributed by atoms with E-state index in [4.69, 9.17) is 14.6 Å². The summed E-state index contributed by atoms with van der Waals surface area (Å²) in [5, 5.41) is 9.02. The van der Waals surface area contributed by atoms with E-state index in [-0.39, 0.29) is 6.10 Å². The van der Waals surface area contributed by atoms with E-state index in [1.807, 2.05) is 12.1 Å². The molecule has 1 aromatic carbocycles. The van der Waals surface area contributed by atoms with E-state index >= 15 is 0 Å². The Morgan fingerprint density at radius 3 is 2.67 bits per heavy atom. The van der Waals surface area contributed by atoms with Gasteiger partial charge in [0, 0.05) is 0 Å². The number of ether oxygens (including phenoxy) is 2. The molecule has 0 radical (unpaired) electrons. The van der Waals surface area contributed by atoms with Crippen molar-refractivity contribution in [1.29, 1.82) is 0 Å². The third kappa shape index (κ3) is 4.13. The number of carboxylic acids is 1. The van der Waals surface area contributed by atoms with E-state index in [1.165, 1.54) is 12.8 Å². The summed E-state index contributed by atoms with van der Waals surface area (Å²) in [5.74, 6) is 0.152. The lowest BCUT2D eigenvalue weighted by Gasteiger charge is -2.18. The fourth-order valence-corrected chi connectivity index (χ4v) is 3.20. The van der Waals surface area contributed by atoms with Gasteiger partial charge in [-0.1, -0.05) is 6.92 Å². The van der Waals surface area contributed by atoms with E-state index < -0.39 is 11.9 Å². The molecule has 1 aliphatic carbocycles. The van der Waals surface area contributed by atoms with E-state index in [0.29, 0.717) is 12.2 Å². The number of rotatable bonds is 6. The van der Waals surface area contributed by atoms with Crippen molar-refractivity contribution >= 4 is 21.9 Å². The van der Waals surface area contributed by atoms with Crippen molar-refractivity contribution in [1.82, 2.24) is 0 Å². The first-order valence-electron chi connectivity index (χ1n) is 7.27. The first kappa shape index (κ1) is 16.1. The molecule has 5 heteroatoms. The van der Waals surface area contributed by atoms with Gasteiger partial charge in [0.25, 0.3) is 0 Å². The minimum Gasteiger partial charge on any atom is -0.493 e. The molecule has 21 heavy (non-hydrogen) atoms. The van der Waals surface area contributed by atoms with Gasteiger partial charge in [0.2, 0.25) is 0 Å². The van der Waals surface area contributed by atoms with Gasteiger partial charge < -0.3 is 14.6 Å². The summed E-state index contributed by atoms with van der Waals surface area (Å²) in [6.45, 7) is 1.70. The van der Waals surface area contributed by atoms with Gasteiger partial charge in [-0.25, -0.2) is 0 Å². The van der Waals surface area contributed by atoms with Gasteiger partial charge in [0.05, 0.1) is 23.6 Å². The average molecular weight is 357 g/mol. The molecule has 1 aromatic rings. The first-order valence-corrected chi connectivity index (χ1v) is 8.06. The summed E-state index contributed by atoms with van der Waals surface area (Å²) >= 11 is 3.52. The van der Waals surface area contributed by atoms with Crippen molar-refractivity contribution < 1.29 is 19.4 Å². The molecular formula is C16H21BrO4. The molecule has 1 N–H and O–H groups in total. The smallest absolute Gasteiger partial charge is 0.306 e. The van der Waals surface area contributed by atoms with E-state index in [2.05, 4.69) is 15.9 Å². The maximum atomic E-state index is 11.0. The van der Waals surface area contributed by atoms with Crippen LogP contribution in [-0.4, -0.2) is 24.3 Å². The molecule has 0 aliphatic heterocycles. The number of carbonyl (C=O) groups is 1. The highest BCUT2D eigenvalue weighted by atomic mass is 79.9. The van der Waals surface area contributed by atoms with E-state index in [0.717, 1.165) is 28.6 Å². The summed E-state index contributed by atoms with van der Waals surface area (Å²) in [5.41, 5.74) is 0.924. The van der Waals surface area contributed by atoms with Gasteiger partial charge in [0.15, 0.2) is 11.5 Å². The second kappa shape index (κ2) is 7.16. The quantitative estimate of drug-likeness (QED) is 0.835. The first-order chi connectivity index (χ1) is 10.0. The fourth-order valence-electron chi connectivity index (χ4n) is 2.62. The van der Waals surface area contributed by atoms with Gasteiger partial charge in [-0.3, -0.25) is 4.79 Å². The Morgan fingerprint density at radius 2 is 2.10 bits per heavy atom. The SMILES string of the molecule is COc1cc(CC(C)C(=O)O)cc(Br)c1OC1CCCC1. The Labute approximate surface area is 133 Å². The van der Waals surface area contributed by atoms with Crippen LogP contribution in [0.3, 0.4) is 0 Å². The van der Waals surface area contributed by atoms with Gasteiger partial charge in [-0.05, 0) is 65.7 Å². The highest BCUT2D eigenvalue weighted by Crippen LogP contribution is 2.39. The predicted octanol–water partition coefficient (Wildman–Crippen LogP) is 4.04. The minimum atomic E-state index is -0.795. The molecule has 1 fully saturated rings. The molecule has 1 unspecified atom stereocenters. The number of aliphatic carboxylic acids is 1. The van der Waals surface area contributed by atoms with E-state index in [9.17, 15) is 4.79 Å². The Morgan fingerprint density at radius 1 is 1.43 bits per heavy atom. The summed E-state index contributed by atoms with van der Waals surface area (Å²) in [4.78, 5) is 11.0. The second-order valence-corrected chi connectivity index (χ2v) is 6.43. The molecule has 2 rings (SSSR count). The minimum absolute atomic E-state index is 0.249. The molecule has 0 amide bonds. The number of hydrogen-bond acceptors (Lipinski definition) is 3. The molecule has 0 aromatic heterocycles. The molecule has 0 saturated heterocycles. The van der Waals surface area contributed by atoms with Crippen molar-refractivity contribution in [3.63, 3.8) is 0 Å². The topological polar surface area (TPSA) is 55.8 Å². The van der Waals surface area contributed by atoms with Crippen molar-refractivity contribution in [3.8, 4) is 11.5 Å². The number of benzene rings is 1. The van der Waals surface area contributed by atoms with Crippen molar-refractivity contribution in [3.05, 3.63) is 22.2 Å². The zero-order valence-electron chi connectivity index (χ0n) is 12.4. The summed E-state index contributed by atoms with van der Waals surface area (Å²) in [7, 11) is 1.60. The Bertz CT molecular complexity index is 509. The van der Waals surface area contributed by atoms with E-state index in [1.54, 1.807) is 14.0 Å². The van der Waals surface area contributed by atoms with Crippen molar-refractivity contribution in [2.75, 3.05) is 7.11 Å². The molecule has 1 aliphatic rings. The van der Waals surface area contributed by atoms with Crippen LogP contribution in [0.25, 0.3) is 0 Å². The molecule has 116 valence electrons. The summed E-state index contributed by atoms with van der Waals surface area (Å²) < 4.78 is 12.3. The van der Waals surface area contributed by atoms with Crippen LogP contribution in [0.5, 0.6) is 11.5 Å². The zero-order chi connectivity index (χ0) is 15.4. The van der Waals surface area contributed by atoms with Crippen molar-refractivity contribution in [2.24, 2.45) is 5.92 Å². The molecule has 1 atom stereocenters. The fraction of sp³-hybridized carbons (Fsp3) is 0.562. The molecule has 0 bridgehead atoms. The van der Waals surface area contributed by atoms with Crippen LogP contribution in [0, 0.1) is 5.92 Å². The molecular weight excluding hydrogens is 336 g/mol. The molecule has 0 heterocycles. The van der Waals surface area contributed by atoms with Crippen LogP contribution in [-0.2, 0) is 11.2 Å². The lowest BCUT2D eigenvalue weighted by Crippen LogP contribution is -2.14. The highest BCUT2D eigenvalue weighted by molar-refractivity contribution is 9.10. The van der Waals surface area contributed by atoms with Gasteiger partial charge in [-0.15, -0.1) is 0 Å². The van der Waals surface area contributed by atoms with Crippen LogP contribution in [0.1, 0.15) is 38.2 Å². The number of halogens is 1. The normalized spacial score (nSPS) is 16.7. The third-order valence-corrected chi connectivity index (χ3v) is 4.43. The molecule has 1 saturated carbocycles. The number of hydrogen-bond donors (Lipinski definition) is 1. The maximum Gasteiger partial charge on any atom is 0.306 e. The maximum absolute atomic E-state index is 11.0. The van der Waals surface area contributed by atoms with Crippen molar-refractivity contribution in [2.45, 2.75) is 45.1 Å².